The van der Waals surface area contributed by atoms with E-state index in [1.54, 1.807) is 33.0 Å². The molecule has 2 N–H and O–H groups in total. The molecule has 0 unspecified atom stereocenters. The summed E-state index contributed by atoms with van der Waals surface area (Å²) in [5.74, 6) is -2.19. The summed E-state index contributed by atoms with van der Waals surface area (Å²) >= 11 is 0. The van der Waals surface area contributed by atoms with Gasteiger partial charge < -0.3 is 20.3 Å². The van der Waals surface area contributed by atoms with Crippen LogP contribution in [0.25, 0.3) is 0 Å². The Hall–Kier alpha value is -4.87. The van der Waals surface area contributed by atoms with Crippen LogP contribution in [0.2, 0.25) is 0 Å². The third kappa shape index (κ3) is 5.36. The summed E-state index contributed by atoms with van der Waals surface area (Å²) in [5, 5.41) is 5.78. The number of piperazine rings is 1. The van der Waals surface area contributed by atoms with E-state index in [0.29, 0.717) is 50.0 Å². The van der Waals surface area contributed by atoms with Crippen molar-refractivity contribution in [3.8, 4) is 0 Å². The molecule has 1 saturated carbocycles. The minimum atomic E-state index is -1.24. The minimum Gasteiger partial charge on any atom is -0.444 e. The molecule has 12 heteroatoms. The number of hydrogen-bond acceptors (Lipinski definition) is 6. The molecule has 0 bridgehead atoms. The molecule has 10 nitrogen and oxygen atoms in total. The van der Waals surface area contributed by atoms with Crippen LogP contribution in [-0.4, -0.2) is 62.8 Å². The fraction of sp³-hybridized carbons (Fsp3) is 0.417. The molecule has 48 heavy (non-hydrogen) atoms. The van der Waals surface area contributed by atoms with Crippen LogP contribution in [0.3, 0.4) is 0 Å². The number of rotatable bonds is 4. The third-order valence-electron chi connectivity index (χ3n) is 10.00. The van der Waals surface area contributed by atoms with Crippen molar-refractivity contribution in [2.24, 2.45) is 0 Å². The second-order valence-corrected chi connectivity index (χ2v) is 14.3. The molecule has 2 aliphatic heterocycles. The predicted molar refractivity (Wildman–Crippen MR) is 172 cm³/mol. The summed E-state index contributed by atoms with van der Waals surface area (Å²) in [5.41, 5.74) is 0.532. The summed E-state index contributed by atoms with van der Waals surface area (Å²) in [6.07, 6.45) is 4.05. The van der Waals surface area contributed by atoms with E-state index >= 15 is 0 Å². The van der Waals surface area contributed by atoms with Crippen molar-refractivity contribution in [2.45, 2.75) is 81.9 Å². The maximum Gasteiger partial charge on any atom is 0.411 e. The van der Waals surface area contributed by atoms with Crippen LogP contribution in [0.15, 0.2) is 54.7 Å². The van der Waals surface area contributed by atoms with Gasteiger partial charge in [-0.15, -0.1) is 0 Å². The predicted octanol–water partition coefficient (Wildman–Crippen LogP) is 5.42. The van der Waals surface area contributed by atoms with Crippen molar-refractivity contribution in [1.29, 1.82) is 0 Å². The quantitative estimate of drug-likeness (QED) is 0.387. The number of anilines is 2. The molecule has 0 radical (unpaired) electrons. The van der Waals surface area contributed by atoms with E-state index in [-0.39, 0.29) is 18.0 Å². The van der Waals surface area contributed by atoms with Gasteiger partial charge in [0.1, 0.15) is 35.1 Å². The monoisotopic (exact) mass is 657 g/mol. The highest BCUT2D eigenvalue weighted by atomic mass is 19.1. The lowest BCUT2D eigenvalue weighted by atomic mass is 9.79. The number of aromatic nitrogens is 1. The van der Waals surface area contributed by atoms with Gasteiger partial charge in [-0.25, -0.2) is 18.6 Å². The summed E-state index contributed by atoms with van der Waals surface area (Å²) in [6.45, 7) is 4.67. The minimum absolute atomic E-state index is 0.101. The maximum atomic E-state index is 14.5. The van der Waals surface area contributed by atoms with E-state index < -0.39 is 58.7 Å². The molecule has 7 rings (SSSR count). The molecule has 2 aliphatic carbocycles. The number of ether oxygens (including phenoxy) is 1. The number of hydrogen-bond donors (Lipinski definition) is 2. The van der Waals surface area contributed by atoms with Gasteiger partial charge in [-0.3, -0.25) is 19.3 Å². The van der Waals surface area contributed by atoms with Crippen molar-refractivity contribution >= 4 is 35.3 Å². The molecular weight excluding hydrogens is 620 g/mol. The van der Waals surface area contributed by atoms with Gasteiger partial charge in [0, 0.05) is 30.1 Å². The first kappa shape index (κ1) is 31.7. The molecule has 2 spiro atoms. The molecule has 3 aromatic rings. The highest BCUT2D eigenvalue weighted by molar-refractivity contribution is 6.06. The van der Waals surface area contributed by atoms with Gasteiger partial charge in [-0.1, -0.05) is 25.0 Å². The van der Waals surface area contributed by atoms with Gasteiger partial charge in [-0.05, 0) is 93.5 Å². The van der Waals surface area contributed by atoms with Crippen LogP contribution in [-0.2, 0) is 37.4 Å². The Morgan fingerprint density at radius 2 is 1.73 bits per heavy atom. The van der Waals surface area contributed by atoms with E-state index in [0.717, 1.165) is 34.9 Å². The number of pyridine rings is 1. The number of carbonyl (C=O) groups is 4. The van der Waals surface area contributed by atoms with Crippen LogP contribution in [0.5, 0.6) is 0 Å². The van der Waals surface area contributed by atoms with E-state index in [4.69, 9.17) is 4.74 Å². The summed E-state index contributed by atoms with van der Waals surface area (Å²) in [4.78, 5) is 61.9. The first-order chi connectivity index (χ1) is 22.8. The largest absolute Gasteiger partial charge is 0.444 e. The Kier molecular flexibility index (Phi) is 7.52. The van der Waals surface area contributed by atoms with E-state index in [1.807, 2.05) is 24.3 Å². The normalized spacial score (nSPS) is 22.6. The molecule has 2 atom stereocenters. The fourth-order valence-corrected chi connectivity index (χ4v) is 7.92. The molecule has 2 fully saturated rings. The molecule has 250 valence electrons. The van der Waals surface area contributed by atoms with E-state index in [2.05, 4.69) is 15.6 Å². The van der Waals surface area contributed by atoms with Crippen LogP contribution in [0.4, 0.5) is 25.1 Å². The first-order valence-corrected chi connectivity index (χ1v) is 16.2. The topological polar surface area (TPSA) is 121 Å². The first-order valence-electron chi connectivity index (χ1n) is 16.2. The van der Waals surface area contributed by atoms with Gasteiger partial charge in [0.25, 0.3) is 0 Å². The smallest absolute Gasteiger partial charge is 0.411 e. The van der Waals surface area contributed by atoms with Crippen molar-refractivity contribution < 1.29 is 32.7 Å². The number of halogens is 2. The molecule has 4 amide bonds. The Balaban J connectivity index is 1.16. The van der Waals surface area contributed by atoms with E-state index in [9.17, 15) is 28.0 Å². The standard InChI is InChI=1S/C36H37F2N5O5/c1-34(2,3)48-33(47)43-19-28(22-13-24(37)16-25(38)14-22)42(32(46)36(43)10-4-5-11-36)20-29(44)40-26-9-8-21-17-35(18-23(21)15-26)27-7-6-12-39-30(27)41-31(35)45/h6-9,12-16,28H,4-5,10-11,17-20H2,1-3H3,(H,40,44)(H,39,41,45)/t28-,35+/m0/s1. The highest BCUT2D eigenvalue weighted by Crippen LogP contribution is 2.47. The lowest BCUT2D eigenvalue weighted by molar-refractivity contribution is -0.157. The number of fused-ring (bicyclic) bond motifs is 3. The number of nitrogens with zero attached hydrogens (tertiary/aromatic N) is 3. The Labute approximate surface area is 276 Å². The van der Waals surface area contributed by atoms with Gasteiger partial charge in [-0.2, -0.15) is 0 Å². The maximum absolute atomic E-state index is 14.5. The average molecular weight is 658 g/mol. The fourth-order valence-electron chi connectivity index (χ4n) is 7.92. The van der Waals surface area contributed by atoms with E-state index in [1.165, 1.54) is 9.80 Å². The Morgan fingerprint density at radius 3 is 2.44 bits per heavy atom. The summed E-state index contributed by atoms with van der Waals surface area (Å²) in [7, 11) is 0. The average Bonchev–Trinajstić information content (AvgIpc) is 3.71. The SMILES string of the molecule is CC(C)(C)OC(=O)N1C[C@@H](c2cc(F)cc(F)c2)N(CC(=O)Nc2ccc3c(c2)C[C@@]2(C3)C(=O)Nc3ncccc32)C(=O)C12CCCC2. The molecule has 2 aromatic carbocycles. The third-order valence-corrected chi connectivity index (χ3v) is 10.00. The van der Waals surface area contributed by atoms with Crippen LogP contribution in [0.1, 0.15) is 74.8 Å². The van der Waals surface area contributed by atoms with Gasteiger partial charge >= 0.3 is 6.09 Å². The zero-order valence-electron chi connectivity index (χ0n) is 27.1. The zero-order chi connectivity index (χ0) is 34.0. The van der Waals surface area contributed by atoms with Crippen LogP contribution >= 0.6 is 0 Å². The van der Waals surface area contributed by atoms with Gasteiger partial charge in [0.05, 0.1) is 11.5 Å². The summed E-state index contributed by atoms with van der Waals surface area (Å²) in [6, 6.07) is 11.2. The Bertz CT molecular complexity index is 1830. The number of nitrogens with one attached hydrogen (secondary N) is 2. The number of benzene rings is 2. The molecule has 1 saturated heterocycles. The molecular formula is C36H37F2N5O5. The zero-order valence-corrected chi connectivity index (χ0v) is 27.1. The summed E-state index contributed by atoms with van der Waals surface area (Å²) < 4.78 is 34.7. The second-order valence-electron chi connectivity index (χ2n) is 14.3. The van der Waals surface area contributed by atoms with Crippen molar-refractivity contribution in [2.75, 3.05) is 23.7 Å². The van der Waals surface area contributed by atoms with Gasteiger partial charge in [0.15, 0.2) is 0 Å². The lowest BCUT2D eigenvalue weighted by Gasteiger charge is -2.51. The molecule has 4 aliphatic rings. The van der Waals surface area contributed by atoms with Gasteiger partial charge in [0.2, 0.25) is 17.7 Å². The second kappa shape index (κ2) is 11.4. The van der Waals surface area contributed by atoms with Crippen molar-refractivity contribution in [3.05, 3.63) is 88.6 Å². The van der Waals surface area contributed by atoms with Crippen LogP contribution in [0, 0.1) is 11.6 Å². The van der Waals surface area contributed by atoms with Crippen LogP contribution < -0.4 is 10.6 Å². The lowest BCUT2D eigenvalue weighted by Crippen LogP contribution is -2.68. The molecule has 1 aromatic heterocycles. The van der Waals surface area contributed by atoms with Crippen molar-refractivity contribution in [1.82, 2.24) is 14.8 Å². The number of carbonyl (C=O) groups excluding carboxylic acids is 4. The highest BCUT2D eigenvalue weighted by Gasteiger charge is 2.57. The Morgan fingerprint density at radius 1 is 1.02 bits per heavy atom. The molecule has 3 heterocycles. The van der Waals surface area contributed by atoms with Crippen molar-refractivity contribution in [3.63, 3.8) is 0 Å². The number of amides is 4.